The molecule has 3 rings (SSSR count). The Labute approximate surface area is 148 Å². The van der Waals surface area contributed by atoms with E-state index in [1.165, 1.54) is 0 Å². The Bertz CT molecular complexity index is 632. The van der Waals surface area contributed by atoms with Gasteiger partial charge < -0.3 is 19.3 Å². The minimum absolute atomic E-state index is 0.0221. The summed E-state index contributed by atoms with van der Waals surface area (Å²) >= 11 is 0. The van der Waals surface area contributed by atoms with E-state index in [4.69, 9.17) is 9.47 Å². The topological polar surface area (TPSA) is 59.1 Å². The van der Waals surface area contributed by atoms with E-state index in [-0.39, 0.29) is 11.8 Å². The minimum Gasteiger partial charge on any atom is -0.497 e. The lowest BCUT2D eigenvalue weighted by Crippen LogP contribution is -2.57. The fraction of sp³-hybridized carbons (Fsp3) is 0.579. The molecular formula is C19H26N2O4. The van der Waals surface area contributed by atoms with Crippen molar-refractivity contribution in [1.82, 2.24) is 9.80 Å². The van der Waals surface area contributed by atoms with Crippen molar-refractivity contribution in [3.05, 3.63) is 29.8 Å². The summed E-state index contributed by atoms with van der Waals surface area (Å²) in [6.07, 6.45) is 2.82. The molecule has 2 amide bonds. The molecule has 2 fully saturated rings. The van der Waals surface area contributed by atoms with E-state index in [1.807, 2.05) is 24.0 Å². The number of nitrogens with zero attached hydrogens (tertiary/aromatic N) is 2. The van der Waals surface area contributed by atoms with Crippen LogP contribution >= 0.6 is 0 Å². The first-order chi connectivity index (χ1) is 12.0. The highest BCUT2D eigenvalue weighted by Gasteiger charge is 2.40. The van der Waals surface area contributed by atoms with Gasteiger partial charge in [0.25, 0.3) is 11.8 Å². The molecular weight excluding hydrogens is 320 g/mol. The van der Waals surface area contributed by atoms with Gasteiger partial charge in [-0.15, -0.1) is 0 Å². The smallest absolute Gasteiger partial charge is 0.254 e. The molecule has 25 heavy (non-hydrogen) atoms. The Morgan fingerprint density at radius 3 is 2.48 bits per heavy atom. The van der Waals surface area contributed by atoms with Crippen molar-refractivity contribution >= 4 is 11.8 Å². The van der Waals surface area contributed by atoms with E-state index in [9.17, 15) is 9.59 Å². The number of amides is 2. The van der Waals surface area contributed by atoms with Crippen LogP contribution in [0.5, 0.6) is 5.75 Å². The highest BCUT2D eigenvalue weighted by molar-refractivity contribution is 5.95. The monoisotopic (exact) mass is 346 g/mol. The van der Waals surface area contributed by atoms with Gasteiger partial charge >= 0.3 is 0 Å². The maximum Gasteiger partial charge on any atom is 0.254 e. The predicted molar refractivity (Wildman–Crippen MR) is 93.7 cm³/mol. The maximum absolute atomic E-state index is 12.8. The quantitative estimate of drug-likeness (QED) is 0.839. The van der Waals surface area contributed by atoms with Crippen LogP contribution in [0.15, 0.2) is 24.3 Å². The Morgan fingerprint density at radius 2 is 1.84 bits per heavy atom. The molecule has 6 heteroatoms. The van der Waals surface area contributed by atoms with E-state index < -0.39 is 5.60 Å². The average Bonchev–Trinajstić information content (AvgIpc) is 2.67. The molecule has 0 spiro atoms. The van der Waals surface area contributed by atoms with Crippen LogP contribution in [0.4, 0.5) is 0 Å². The summed E-state index contributed by atoms with van der Waals surface area (Å²) in [5, 5.41) is 0. The van der Waals surface area contributed by atoms with Gasteiger partial charge in [-0.1, -0.05) is 6.07 Å². The van der Waals surface area contributed by atoms with E-state index in [1.54, 1.807) is 24.1 Å². The second-order valence-electron chi connectivity index (χ2n) is 6.85. The summed E-state index contributed by atoms with van der Waals surface area (Å²) in [5.41, 5.74) is -0.0845. The second-order valence-corrected chi connectivity index (χ2v) is 6.85. The van der Waals surface area contributed by atoms with E-state index >= 15 is 0 Å². The number of hydrogen-bond acceptors (Lipinski definition) is 4. The van der Waals surface area contributed by atoms with Gasteiger partial charge in [-0.05, 0) is 44.4 Å². The molecule has 2 aliphatic rings. The average molecular weight is 346 g/mol. The van der Waals surface area contributed by atoms with Crippen LogP contribution in [0, 0.1) is 0 Å². The summed E-state index contributed by atoms with van der Waals surface area (Å²) in [6, 6.07) is 7.17. The molecule has 1 unspecified atom stereocenters. The van der Waals surface area contributed by atoms with Crippen LogP contribution in [0.2, 0.25) is 0 Å². The van der Waals surface area contributed by atoms with Crippen molar-refractivity contribution < 1.29 is 19.1 Å². The van der Waals surface area contributed by atoms with Crippen LogP contribution in [-0.4, -0.2) is 67.1 Å². The van der Waals surface area contributed by atoms with Gasteiger partial charge in [-0.25, -0.2) is 0 Å². The number of benzene rings is 1. The largest absolute Gasteiger partial charge is 0.497 e. The van der Waals surface area contributed by atoms with Crippen molar-refractivity contribution in [2.24, 2.45) is 0 Å². The Kier molecular flexibility index (Phi) is 5.27. The number of hydrogen-bond donors (Lipinski definition) is 0. The Balaban J connectivity index is 1.59. The highest BCUT2D eigenvalue weighted by atomic mass is 16.5. The SMILES string of the molecule is COc1cccc(C(=O)N2CCN(C(=O)C3(C)CCCCO3)CC2)c1. The molecule has 0 saturated carbocycles. The zero-order valence-electron chi connectivity index (χ0n) is 15.0. The first-order valence-electron chi connectivity index (χ1n) is 8.90. The third kappa shape index (κ3) is 3.79. The third-order valence-corrected chi connectivity index (χ3v) is 5.09. The summed E-state index contributed by atoms with van der Waals surface area (Å²) in [4.78, 5) is 29.1. The number of methoxy groups -OCH3 is 1. The first kappa shape index (κ1) is 17.7. The molecule has 6 nitrogen and oxygen atoms in total. The summed E-state index contributed by atoms with van der Waals surface area (Å²) in [6.45, 7) is 4.72. The van der Waals surface area contributed by atoms with E-state index in [0.29, 0.717) is 44.1 Å². The van der Waals surface area contributed by atoms with Gasteiger partial charge in [0.2, 0.25) is 0 Å². The van der Waals surface area contributed by atoms with Gasteiger partial charge in [0.15, 0.2) is 0 Å². The van der Waals surface area contributed by atoms with Crippen molar-refractivity contribution in [1.29, 1.82) is 0 Å². The number of ether oxygens (including phenoxy) is 2. The second kappa shape index (κ2) is 7.44. The molecule has 0 bridgehead atoms. The molecule has 2 saturated heterocycles. The van der Waals surface area contributed by atoms with Gasteiger partial charge in [0, 0.05) is 38.3 Å². The fourth-order valence-corrected chi connectivity index (χ4v) is 3.49. The van der Waals surface area contributed by atoms with Crippen molar-refractivity contribution in [3.63, 3.8) is 0 Å². The molecule has 2 heterocycles. The molecule has 2 aliphatic heterocycles. The summed E-state index contributed by atoms with van der Waals surface area (Å²) in [5.74, 6) is 0.703. The number of carbonyl (C=O) groups is 2. The normalized spacial score (nSPS) is 24.1. The lowest BCUT2D eigenvalue weighted by Gasteiger charge is -2.41. The fourth-order valence-electron chi connectivity index (χ4n) is 3.49. The van der Waals surface area contributed by atoms with Crippen LogP contribution < -0.4 is 4.74 Å². The standard InChI is InChI=1S/C19H26N2O4/c1-19(8-3-4-13-25-19)18(23)21-11-9-20(10-12-21)17(22)15-6-5-7-16(14-15)24-2/h5-7,14H,3-4,8-13H2,1-2H3. The van der Waals surface area contributed by atoms with Gasteiger partial charge in [-0.3, -0.25) is 9.59 Å². The van der Waals surface area contributed by atoms with E-state index in [2.05, 4.69) is 0 Å². The van der Waals surface area contributed by atoms with Crippen LogP contribution in [0.1, 0.15) is 36.5 Å². The van der Waals surface area contributed by atoms with Gasteiger partial charge in [0.1, 0.15) is 11.4 Å². The molecule has 1 aromatic rings. The number of carbonyl (C=O) groups excluding carboxylic acids is 2. The lowest BCUT2D eigenvalue weighted by molar-refractivity contribution is -0.163. The highest BCUT2D eigenvalue weighted by Crippen LogP contribution is 2.27. The molecule has 0 aromatic heterocycles. The van der Waals surface area contributed by atoms with Crippen LogP contribution in [0.25, 0.3) is 0 Å². The van der Waals surface area contributed by atoms with Gasteiger partial charge in [-0.2, -0.15) is 0 Å². The molecule has 0 N–H and O–H groups in total. The zero-order valence-corrected chi connectivity index (χ0v) is 15.0. The predicted octanol–water partition coefficient (Wildman–Crippen LogP) is 1.94. The number of piperazine rings is 1. The van der Waals surface area contributed by atoms with Gasteiger partial charge in [0.05, 0.1) is 7.11 Å². The van der Waals surface area contributed by atoms with Crippen molar-refractivity contribution in [3.8, 4) is 5.75 Å². The van der Waals surface area contributed by atoms with Crippen molar-refractivity contribution in [2.45, 2.75) is 31.8 Å². The Morgan fingerprint density at radius 1 is 1.12 bits per heavy atom. The molecule has 0 radical (unpaired) electrons. The molecule has 136 valence electrons. The lowest BCUT2D eigenvalue weighted by atomic mass is 9.94. The maximum atomic E-state index is 12.8. The van der Waals surface area contributed by atoms with Crippen LogP contribution in [0.3, 0.4) is 0 Å². The van der Waals surface area contributed by atoms with Crippen molar-refractivity contribution in [2.75, 3.05) is 39.9 Å². The summed E-state index contributed by atoms with van der Waals surface area (Å²) in [7, 11) is 1.59. The minimum atomic E-state index is -0.697. The Hall–Kier alpha value is -2.08. The molecule has 1 aromatic carbocycles. The zero-order chi connectivity index (χ0) is 17.9. The first-order valence-corrected chi connectivity index (χ1v) is 8.90. The molecule has 0 aliphatic carbocycles. The third-order valence-electron chi connectivity index (χ3n) is 5.09. The number of rotatable bonds is 3. The molecule has 1 atom stereocenters. The summed E-state index contributed by atoms with van der Waals surface area (Å²) < 4.78 is 10.9. The van der Waals surface area contributed by atoms with Crippen LogP contribution in [-0.2, 0) is 9.53 Å². The van der Waals surface area contributed by atoms with E-state index in [0.717, 1.165) is 19.3 Å².